The number of carbonyl (C=O) groups excluding carboxylic acids is 8. The molecule has 0 saturated heterocycles. The zero-order valence-electron chi connectivity index (χ0n) is 38.1. The fourth-order valence-electron chi connectivity index (χ4n) is 5.20. The molecule has 7 N–H and O–H groups in total. The van der Waals surface area contributed by atoms with E-state index in [2.05, 4.69) is 26.6 Å². The third kappa shape index (κ3) is 26.9. The number of rotatable bonds is 26. The smallest absolute Gasteiger partial charge is 0.412 e. The Hall–Kier alpha value is -5.14. The molecule has 1 aromatic rings. The fraction of sp³-hybridized carbons (Fsp3) is 0.674. The number of nitrogens with two attached hydrogens (primary N) is 1. The Labute approximate surface area is 365 Å². The van der Waals surface area contributed by atoms with Crippen molar-refractivity contribution in [1.82, 2.24) is 21.3 Å². The van der Waals surface area contributed by atoms with Crippen molar-refractivity contribution in [1.29, 1.82) is 0 Å². The van der Waals surface area contributed by atoms with Crippen LogP contribution in [0.5, 0.6) is 0 Å². The summed E-state index contributed by atoms with van der Waals surface area (Å²) in [5, 5.41) is 13.3. The number of carbonyl (C=O) groups is 8. The van der Waals surface area contributed by atoms with Gasteiger partial charge in [0.25, 0.3) is 5.91 Å². The Morgan fingerprint density at radius 2 is 1.16 bits per heavy atom. The molecule has 1 rings (SSSR count). The molecule has 0 saturated carbocycles. The quantitative estimate of drug-likeness (QED) is 0.0444. The largest absolute Gasteiger partial charge is 0.459 e. The van der Waals surface area contributed by atoms with Crippen LogP contribution in [0.2, 0.25) is 0 Å². The van der Waals surface area contributed by atoms with E-state index in [1.807, 2.05) is 0 Å². The maximum atomic E-state index is 12.8. The Bertz CT molecular complexity index is 1630. The number of hydrogen-bond donors (Lipinski definition) is 6. The summed E-state index contributed by atoms with van der Waals surface area (Å²) >= 11 is 0. The summed E-state index contributed by atoms with van der Waals surface area (Å²) in [6.45, 7) is 17.3. The molecular weight excluding hydrogens is 809 g/mol. The first-order valence-corrected chi connectivity index (χ1v) is 20.9. The molecule has 0 bridgehead atoms. The zero-order valence-corrected chi connectivity index (χ0v) is 38.1. The number of nitrogens with one attached hydrogen (secondary N) is 5. The maximum Gasteiger partial charge on any atom is 0.412 e. The average Bonchev–Trinajstić information content (AvgIpc) is 3.13. The van der Waals surface area contributed by atoms with E-state index in [9.17, 15) is 38.4 Å². The third-order valence-corrected chi connectivity index (χ3v) is 8.08. The number of hydrogen-bond acceptors (Lipinski definition) is 14. The molecule has 0 heterocycles. The van der Waals surface area contributed by atoms with E-state index in [1.165, 1.54) is 6.92 Å². The van der Waals surface area contributed by atoms with Gasteiger partial charge in [0, 0.05) is 37.2 Å². The number of amides is 5. The summed E-state index contributed by atoms with van der Waals surface area (Å²) in [6.07, 6.45) is 0.596. The average molecular weight is 879 g/mol. The van der Waals surface area contributed by atoms with Gasteiger partial charge in [-0.2, -0.15) is 0 Å². The lowest BCUT2D eigenvalue weighted by molar-refractivity contribution is -0.159. The van der Waals surface area contributed by atoms with E-state index in [0.29, 0.717) is 37.1 Å². The molecule has 0 radical (unpaired) electrons. The van der Waals surface area contributed by atoms with Gasteiger partial charge in [0.15, 0.2) is 5.78 Å². The van der Waals surface area contributed by atoms with Gasteiger partial charge in [-0.05, 0) is 126 Å². The van der Waals surface area contributed by atoms with Crippen molar-refractivity contribution in [2.45, 2.75) is 149 Å². The number of unbranched alkanes of at least 4 members (excludes halogenated alkanes) is 1. The van der Waals surface area contributed by atoms with Crippen LogP contribution < -0.4 is 32.3 Å². The van der Waals surface area contributed by atoms with Gasteiger partial charge in [0.2, 0.25) is 17.7 Å². The van der Waals surface area contributed by atoms with Crippen LogP contribution in [0.4, 0.5) is 10.5 Å². The molecule has 5 amide bonds. The molecule has 1 aromatic carbocycles. The highest BCUT2D eigenvalue weighted by atomic mass is 16.6. The predicted molar refractivity (Wildman–Crippen MR) is 230 cm³/mol. The summed E-state index contributed by atoms with van der Waals surface area (Å²) in [5.74, 6) is -3.26. The molecule has 1 unspecified atom stereocenters. The van der Waals surface area contributed by atoms with Crippen LogP contribution in [0.3, 0.4) is 0 Å². The lowest BCUT2D eigenvalue weighted by Crippen LogP contribution is -2.45. The molecular formula is C43H70N6O13. The monoisotopic (exact) mass is 879 g/mol. The summed E-state index contributed by atoms with van der Waals surface area (Å²) < 4.78 is 26.7. The highest BCUT2D eigenvalue weighted by Gasteiger charge is 2.29. The van der Waals surface area contributed by atoms with Crippen molar-refractivity contribution in [2.75, 3.05) is 44.8 Å². The van der Waals surface area contributed by atoms with E-state index in [1.54, 1.807) is 86.6 Å². The Morgan fingerprint density at radius 1 is 0.597 bits per heavy atom. The van der Waals surface area contributed by atoms with Gasteiger partial charge in [-0.25, -0.2) is 9.59 Å². The number of ether oxygens (including phenoxy) is 5. The van der Waals surface area contributed by atoms with E-state index in [4.69, 9.17) is 29.4 Å². The second kappa shape index (κ2) is 27.0. The van der Waals surface area contributed by atoms with E-state index >= 15 is 0 Å². The van der Waals surface area contributed by atoms with Crippen LogP contribution in [0.25, 0.3) is 0 Å². The lowest BCUT2D eigenvalue weighted by atomic mass is 10.1. The molecule has 0 aliphatic carbocycles. The van der Waals surface area contributed by atoms with Crippen LogP contribution in [0.15, 0.2) is 24.3 Å². The van der Waals surface area contributed by atoms with Crippen LogP contribution in [-0.4, -0.2) is 122 Å². The number of Topliss-reactive ketones (excluding diaryl/α,β-unsaturated/α-hetero) is 1. The molecule has 3 atom stereocenters. The van der Waals surface area contributed by atoms with Crippen LogP contribution >= 0.6 is 0 Å². The van der Waals surface area contributed by atoms with Gasteiger partial charge in [0.1, 0.15) is 35.5 Å². The second-order valence-corrected chi connectivity index (χ2v) is 17.6. The van der Waals surface area contributed by atoms with Gasteiger partial charge in [-0.1, -0.05) is 0 Å². The number of esters is 2. The molecule has 0 spiro atoms. The number of benzene rings is 1. The molecule has 350 valence electrons. The first-order chi connectivity index (χ1) is 28.7. The van der Waals surface area contributed by atoms with Gasteiger partial charge >= 0.3 is 18.0 Å². The minimum Gasteiger partial charge on any atom is -0.459 e. The second-order valence-electron chi connectivity index (χ2n) is 17.6. The maximum absolute atomic E-state index is 12.8. The first-order valence-electron chi connectivity index (χ1n) is 20.9. The van der Waals surface area contributed by atoms with Crippen molar-refractivity contribution in [3.63, 3.8) is 0 Å². The standard InChI is InChI=1S/C43H70N6O13/c1-28(50)32(13-11-12-22-46-37(54)29-14-16-30(17-15-29)47-40(57)62-43(8,9)10)48-36(53)27-59-26-25-58-24-23-45-34(51)21-19-33(39(56)61-42(5,6)7)49-35(52)20-18-31(44)38(55)60-41(2,3)4/h14-17,31-33H,11-13,18-27,44H2,1-10H3,(H,45,51)(H,46,54)(H,47,57)(H,48,53)(H,49,52)/t31-,32-,33?/m0/s1. The first kappa shape index (κ1) is 54.9. The fourth-order valence-corrected chi connectivity index (χ4v) is 5.20. The minimum atomic E-state index is -1.11. The highest BCUT2D eigenvalue weighted by Crippen LogP contribution is 2.15. The summed E-state index contributed by atoms with van der Waals surface area (Å²) in [5.41, 5.74) is 4.55. The zero-order chi connectivity index (χ0) is 47.1. The molecule has 19 nitrogen and oxygen atoms in total. The minimum absolute atomic E-state index is 0.00819. The summed E-state index contributed by atoms with van der Waals surface area (Å²) in [7, 11) is 0. The van der Waals surface area contributed by atoms with Crippen LogP contribution in [0.1, 0.15) is 125 Å². The molecule has 0 fully saturated rings. The van der Waals surface area contributed by atoms with Crippen molar-refractivity contribution < 1.29 is 62.0 Å². The van der Waals surface area contributed by atoms with Crippen molar-refractivity contribution in [2.24, 2.45) is 5.73 Å². The van der Waals surface area contributed by atoms with E-state index in [-0.39, 0.29) is 76.3 Å². The lowest BCUT2D eigenvalue weighted by Gasteiger charge is -2.25. The van der Waals surface area contributed by atoms with Crippen molar-refractivity contribution in [3.8, 4) is 0 Å². The summed E-state index contributed by atoms with van der Waals surface area (Å²) in [4.78, 5) is 99.2. The van der Waals surface area contributed by atoms with Crippen LogP contribution in [0, 0.1) is 0 Å². The highest BCUT2D eigenvalue weighted by molar-refractivity contribution is 5.95. The Kier molecular flexibility index (Phi) is 23.9. The van der Waals surface area contributed by atoms with E-state index < -0.39 is 64.8 Å². The number of ketones is 1. The van der Waals surface area contributed by atoms with Gasteiger partial charge in [0.05, 0.1) is 25.9 Å². The van der Waals surface area contributed by atoms with Gasteiger partial charge in [-0.15, -0.1) is 0 Å². The third-order valence-electron chi connectivity index (χ3n) is 8.08. The van der Waals surface area contributed by atoms with Crippen molar-refractivity contribution >= 4 is 53.1 Å². The normalized spacial score (nSPS) is 13.1. The SMILES string of the molecule is CC(=O)[C@H](CCCCNC(=O)c1ccc(NC(=O)OC(C)(C)C)cc1)NC(=O)COCCOCCNC(=O)CCC(NC(=O)CC[C@H](N)C(=O)OC(C)(C)C)C(=O)OC(C)(C)C. The number of anilines is 1. The van der Waals surface area contributed by atoms with Crippen LogP contribution in [-0.2, 0) is 52.5 Å². The molecule has 0 aliphatic rings. The molecule has 19 heteroatoms. The van der Waals surface area contributed by atoms with Gasteiger partial charge < -0.3 is 50.7 Å². The van der Waals surface area contributed by atoms with Gasteiger partial charge in [-0.3, -0.25) is 34.1 Å². The molecule has 0 aliphatic heterocycles. The van der Waals surface area contributed by atoms with E-state index in [0.717, 1.165) is 0 Å². The topological polar surface area (TPSA) is 269 Å². The Morgan fingerprint density at radius 3 is 1.76 bits per heavy atom. The summed E-state index contributed by atoms with van der Waals surface area (Å²) in [6, 6.07) is 3.50. The molecule has 0 aromatic heterocycles. The van der Waals surface area contributed by atoms with Crippen molar-refractivity contribution in [3.05, 3.63) is 29.8 Å². The molecule has 62 heavy (non-hydrogen) atoms. The Balaban J connectivity index is 2.33. The predicted octanol–water partition coefficient (Wildman–Crippen LogP) is 3.21.